The molecular weight excluding hydrogens is 316 g/mol. The van der Waals surface area contributed by atoms with Crippen LogP contribution in [0.3, 0.4) is 0 Å². The predicted octanol–water partition coefficient (Wildman–Crippen LogP) is 2.77. The lowest BCUT2D eigenvalue weighted by Crippen LogP contribution is -2.27. The van der Waals surface area contributed by atoms with Gasteiger partial charge in [-0.25, -0.2) is 0 Å². The average molecular weight is 336 g/mol. The molecule has 25 heavy (non-hydrogen) atoms. The molecule has 128 valence electrons. The van der Waals surface area contributed by atoms with Gasteiger partial charge in [0.2, 0.25) is 0 Å². The van der Waals surface area contributed by atoms with Crippen molar-refractivity contribution in [1.82, 2.24) is 20.1 Å². The van der Waals surface area contributed by atoms with E-state index in [-0.39, 0.29) is 5.91 Å². The number of nitrogens with one attached hydrogen (secondary N) is 1. The summed E-state index contributed by atoms with van der Waals surface area (Å²) in [5.74, 6) is 0.651. The molecule has 3 rings (SSSR count). The third kappa shape index (κ3) is 4.44. The van der Waals surface area contributed by atoms with E-state index in [0.29, 0.717) is 25.3 Å². The molecule has 6 heteroatoms. The van der Waals surface area contributed by atoms with Crippen LogP contribution in [0.2, 0.25) is 0 Å². The van der Waals surface area contributed by atoms with E-state index in [4.69, 9.17) is 4.74 Å². The molecule has 1 aromatic carbocycles. The summed E-state index contributed by atoms with van der Waals surface area (Å²) in [6, 6.07) is 14.7. The highest BCUT2D eigenvalue weighted by molar-refractivity contribution is 5.94. The average Bonchev–Trinajstić information content (AvgIpc) is 3.12. The molecule has 1 N–H and O–H groups in total. The molecule has 0 spiro atoms. The lowest BCUT2D eigenvalue weighted by atomic mass is 10.2. The molecule has 0 atom stereocenters. The standard InChI is InChI=1S/C19H20N4O2/c1-2-25-16-8-6-15(7-9-16)19(24)21-12-14-23-13-10-18(22-23)17-5-3-4-11-20-17/h3-11,13H,2,12,14H2,1H3,(H,21,24). The van der Waals surface area contributed by atoms with Crippen molar-refractivity contribution >= 4 is 5.91 Å². The summed E-state index contributed by atoms with van der Waals surface area (Å²) in [5, 5.41) is 7.36. The Kier molecular flexibility index (Phi) is 5.41. The number of rotatable bonds is 7. The summed E-state index contributed by atoms with van der Waals surface area (Å²) >= 11 is 0. The second-order valence-corrected chi connectivity index (χ2v) is 5.39. The summed E-state index contributed by atoms with van der Waals surface area (Å²) in [7, 11) is 0. The van der Waals surface area contributed by atoms with Gasteiger partial charge in [-0.15, -0.1) is 0 Å². The van der Waals surface area contributed by atoms with Gasteiger partial charge in [-0.05, 0) is 49.4 Å². The Bertz CT molecular complexity index is 813. The van der Waals surface area contributed by atoms with Crippen molar-refractivity contribution in [2.24, 2.45) is 0 Å². The summed E-state index contributed by atoms with van der Waals surface area (Å²) in [4.78, 5) is 16.4. The number of amides is 1. The maximum Gasteiger partial charge on any atom is 0.251 e. The number of ether oxygens (including phenoxy) is 1. The monoisotopic (exact) mass is 336 g/mol. The molecule has 2 heterocycles. The maximum atomic E-state index is 12.1. The quantitative estimate of drug-likeness (QED) is 0.720. The highest BCUT2D eigenvalue weighted by Gasteiger charge is 2.06. The van der Waals surface area contributed by atoms with Crippen LogP contribution in [-0.2, 0) is 6.54 Å². The lowest BCUT2D eigenvalue weighted by molar-refractivity contribution is 0.0952. The molecule has 0 aliphatic carbocycles. The Balaban J connectivity index is 1.51. The molecule has 0 saturated carbocycles. The van der Waals surface area contributed by atoms with Crippen molar-refractivity contribution in [1.29, 1.82) is 0 Å². The van der Waals surface area contributed by atoms with Crippen molar-refractivity contribution in [2.45, 2.75) is 13.5 Å². The fourth-order valence-electron chi connectivity index (χ4n) is 2.39. The first kappa shape index (κ1) is 16.7. The summed E-state index contributed by atoms with van der Waals surface area (Å²) in [6.07, 6.45) is 3.62. The molecule has 0 aliphatic heterocycles. The van der Waals surface area contributed by atoms with Crippen LogP contribution in [0, 0.1) is 0 Å². The molecule has 1 amide bonds. The fourth-order valence-corrected chi connectivity index (χ4v) is 2.39. The third-order valence-electron chi connectivity index (χ3n) is 3.62. The number of carbonyl (C=O) groups excluding carboxylic acids is 1. The molecule has 0 saturated heterocycles. The van der Waals surface area contributed by atoms with Gasteiger partial charge >= 0.3 is 0 Å². The minimum Gasteiger partial charge on any atom is -0.494 e. The van der Waals surface area contributed by atoms with Crippen molar-refractivity contribution in [3.8, 4) is 17.1 Å². The van der Waals surface area contributed by atoms with Gasteiger partial charge < -0.3 is 10.1 Å². The van der Waals surface area contributed by atoms with Gasteiger partial charge in [0.15, 0.2) is 0 Å². The number of benzene rings is 1. The molecule has 0 aliphatic rings. The Morgan fingerprint density at radius 2 is 1.96 bits per heavy atom. The lowest BCUT2D eigenvalue weighted by Gasteiger charge is -2.07. The Hall–Kier alpha value is -3.15. The Labute approximate surface area is 146 Å². The van der Waals surface area contributed by atoms with Crippen LogP contribution in [0.1, 0.15) is 17.3 Å². The highest BCUT2D eigenvalue weighted by Crippen LogP contribution is 2.13. The fraction of sp³-hybridized carbons (Fsp3) is 0.211. The maximum absolute atomic E-state index is 12.1. The predicted molar refractivity (Wildman–Crippen MR) is 95.4 cm³/mol. The van der Waals surface area contributed by atoms with Crippen LogP contribution in [0.15, 0.2) is 60.9 Å². The molecule has 0 radical (unpaired) electrons. The van der Waals surface area contributed by atoms with E-state index in [1.807, 2.05) is 37.4 Å². The van der Waals surface area contributed by atoms with Gasteiger partial charge in [-0.1, -0.05) is 6.07 Å². The van der Waals surface area contributed by atoms with Gasteiger partial charge in [0.05, 0.1) is 18.8 Å². The number of aromatic nitrogens is 3. The van der Waals surface area contributed by atoms with E-state index in [9.17, 15) is 4.79 Å². The number of nitrogens with zero attached hydrogens (tertiary/aromatic N) is 3. The normalized spacial score (nSPS) is 10.4. The summed E-state index contributed by atoms with van der Waals surface area (Å²) in [6.45, 7) is 3.62. The first-order chi connectivity index (χ1) is 12.3. The van der Waals surface area contributed by atoms with E-state index >= 15 is 0 Å². The topological polar surface area (TPSA) is 69.0 Å². The Morgan fingerprint density at radius 3 is 2.68 bits per heavy atom. The minimum absolute atomic E-state index is 0.111. The summed E-state index contributed by atoms with van der Waals surface area (Å²) < 4.78 is 7.16. The largest absolute Gasteiger partial charge is 0.494 e. The van der Waals surface area contributed by atoms with E-state index in [1.165, 1.54) is 0 Å². The molecule has 0 bridgehead atoms. The zero-order chi connectivity index (χ0) is 17.5. The van der Waals surface area contributed by atoms with E-state index in [1.54, 1.807) is 35.1 Å². The second-order valence-electron chi connectivity index (χ2n) is 5.39. The smallest absolute Gasteiger partial charge is 0.251 e. The minimum atomic E-state index is -0.111. The molecule has 0 unspecified atom stereocenters. The highest BCUT2D eigenvalue weighted by atomic mass is 16.5. The SMILES string of the molecule is CCOc1ccc(C(=O)NCCn2ccc(-c3ccccn3)n2)cc1. The zero-order valence-electron chi connectivity index (χ0n) is 14.1. The molecular formula is C19H20N4O2. The Morgan fingerprint density at radius 1 is 1.12 bits per heavy atom. The van der Waals surface area contributed by atoms with E-state index < -0.39 is 0 Å². The van der Waals surface area contributed by atoms with Crippen molar-refractivity contribution in [2.75, 3.05) is 13.2 Å². The van der Waals surface area contributed by atoms with Gasteiger partial charge in [0.1, 0.15) is 11.4 Å². The van der Waals surface area contributed by atoms with E-state index in [2.05, 4.69) is 15.4 Å². The number of carbonyl (C=O) groups is 1. The van der Waals surface area contributed by atoms with Crippen LogP contribution in [0.5, 0.6) is 5.75 Å². The van der Waals surface area contributed by atoms with Crippen molar-refractivity contribution in [3.63, 3.8) is 0 Å². The first-order valence-corrected chi connectivity index (χ1v) is 8.22. The van der Waals surface area contributed by atoms with Gasteiger partial charge in [-0.2, -0.15) is 5.10 Å². The molecule has 0 fully saturated rings. The van der Waals surface area contributed by atoms with Crippen molar-refractivity contribution in [3.05, 3.63) is 66.5 Å². The van der Waals surface area contributed by atoms with Crippen LogP contribution in [-0.4, -0.2) is 33.8 Å². The van der Waals surface area contributed by atoms with Crippen LogP contribution < -0.4 is 10.1 Å². The molecule has 2 aromatic heterocycles. The van der Waals surface area contributed by atoms with E-state index in [0.717, 1.165) is 17.1 Å². The van der Waals surface area contributed by atoms with Gasteiger partial charge in [-0.3, -0.25) is 14.5 Å². The zero-order valence-corrected chi connectivity index (χ0v) is 14.1. The second kappa shape index (κ2) is 8.10. The van der Waals surface area contributed by atoms with Crippen LogP contribution >= 0.6 is 0 Å². The molecule has 3 aromatic rings. The first-order valence-electron chi connectivity index (χ1n) is 8.22. The summed E-state index contributed by atoms with van der Waals surface area (Å²) in [5.41, 5.74) is 2.26. The van der Waals surface area contributed by atoms with Crippen LogP contribution in [0.4, 0.5) is 0 Å². The number of hydrogen-bond donors (Lipinski definition) is 1. The van der Waals surface area contributed by atoms with Gasteiger partial charge in [0, 0.05) is 24.5 Å². The van der Waals surface area contributed by atoms with Gasteiger partial charge in [0.25, 0.3) is 5.91 Å². The third-order valence-corrected chi connectivity index (χ3v) is 3.62. The number of hydrogen-bond acceptors (Lipinski definition) is 4. The number of pyridine rings is 1. The van der Waals surface area contributed by atoms with Crippen molar-refractivity contribution < 1.29 is 9.53 Å². The van der Waals surface area contributed by atoms with Crippen LogP contribution in [0.25, 0.3) is 11.4 Å². The molecule has 6 nitrogen and oxygen atoms in total.